The van der Waals surface area contributed by atoms with Crippen molar-refractivity contribution in [2.75, 3.05) is 26.4 Å². The van der Waals surface area contributed by atoms with Crippen molar-refractivity contribution in [3.8, 4) is 0 Å². The molecule has 0 spiro atoms. The number of hydrogen-bond donors (Lipinski definition) is 0. The maximum atomic E-state index is 5.67. The van der Waals surface area contributed by atoms with Crippen LogP contribution >= 0.6 is 0 Å². The quantitative estimate of drug-likeness (QED) is 0.677. The lowest BCUT2D eigenvalue weighted by molar-refractivity contribution is -0.0170. The van der Waals surface area contributed by atoms with Gasteiger partial charge in [-0.15, -0.1) is 0 Å². The minimum Gasteiger partial charge on any atom is -0.395 e. The zero-order valence-electron chi connectivity index (χ0n) is 10.5. The molecule has 2 rings (SSSR count). The number of nitrogens with zero attached hydrogens (tertiary/aromatic N) is 1. The van der Waals surface area contributed by atoms with Crippen molar-refractivity contribution in [3.63, 3.8) is 0 Å². The molecule has 0 aliphatic carbocycles. The second-order valence-electron chi connectivity index (χ2n) is 4.44. The van der Waals surface area contributed by atoms with E-state index >= 15 is 0 Å². The Kier molecular flexibility index (Phi) is 4.73. The van der Waals surface area contributed by atoms with Crippen molar-refractivity contribution < 1.29 is 14.3 Å². The average molecular weight is 249 g/mol. The van der Waals surface area contributed by atoms with Crippen molar-refractivity contribution >= 4 is 5.71 Å². The van der Waals surface area contributed by atoms with Crippen molar-refractivity contribution in [1.82, 2.24) is 0 Å². The first-order chi connectivity index (χ1) is 8.83. The van der Waals surface area contributed by atoms with E-state index in [9.17, 15) is 0 Å². The number of rotatable bonds is 6. The summed E-state index contributed by atoms with van der Waals surface area (Å²) in [6.07, 6.45) is 6.46. The highest BCUT2D eigenvalue weighted by Gasteiger charge is 2.32. The average Bonchev–Trinajstić information content (AvgIpc) is 2.85. The third-order valence-electron chi connectivity index (χ3n) is 3.11. The third-order valence-corrected chi connectivity index (χ3v) is 3.11. The Bertz CT molecular complexity index is 373. The first kappa shape index (κ1) is 13.1. The summed E-state index contributed by atoms with van der Waals surface area (Å²) in [6, 6.07) is 0. The molecule has 2 aliphatic rings. The molecule has 0 aromatic rings. The molecule has 1 unspecified atom stereocenters. The van der Waals surface area contributed by atoms with Crippen LogP contribution in [0.1, 0.15) is 6.42 Å². The lowest BCUT2D eigenvalue weighted by atomic mass is 9.95. The highest BCUT2D eigenvalue weighted by molar-refractivity contribution is 5.89. The number of allylic oxidation sites excluding steroid dienone is 2. The fourth-order valence-electron chi connectivity index (χ4n) is 2.07. The molecule has 4 nitrogen and oxygen atoms in total. The van der Waals surface area contributed by atoms with Gasteiger partial charge < -0.3 is 14.3 Å². The van der Waals surface area contributed by atoms with Crippen LogP contribution in [0.25, 0.3) is 0 Å². The van der Waals surface area contributed by atoms with Gasteiger partial charge in [0, 0.05) is 5.92 Å². The summed E-state index contributed by atoms with van der Waals surface area (Å²) in [6.45, 7) is 9.76. The summed E-state index contributed by atoms with van der Waals surface area (Å²) in [7, 11) is 0. The lowest BCUT2D eigenvalue weighted by Crippen LogP contribution is -2.36. The predicted molar refractivity (Wildman–Crippen MR) is 70.5 cm³/mol. The summed E-state index contributed by atoms with van der Waals surface area (Å²) in [4.78, 5) is 5.07. The Morgan fingerprint density at radius 3 is 3.17 bits per heavy atom. The van der Waals surface area contributed by atoms with Gasteiger partial charge in [0.15, 0.2) is 0 Å². The van der Waals surface area contributed by atoms with Gasteiger partial charge in [-0.3, -0.25) is 0 Å². The van der Waals surface area contributed by atoms with Gasteiger partial charge in [-0.1, -0.05) is 36.5 Å². The van der Waals surface area contributed by atoms with Crippen LogP contribution in [-0.2, 0) is 14.3 Å². The van der Waals surface area contributed by atoms with Crippen LogP contribution in [-0.4, -0.2) is 38.2 Å². The number of hydrogen-bond acceptors (Lipinski definition) is 4. The molecule has 0 amide bonds. The maximum Gasteiger partial charge on any atom is 0.125 e. The minimum absolute atomic E-state index is 0.130. The van der Waals surface area contributed by atoms with E-state index in [1.165, 1.54) is 0 Å². The molecule has 4 heteroatoms. The molecule has 0 radical (unpaired) electrons. The van der Waals surface area contributed by atoms with Gasteiger partial charge in [0.25, 0.3) is 0 Å². The SMILES string of the molecule is C=C/C=C(\C=C)COC[C@H]1CC2CON=C2CO1. The van der Waals surface area contributed by atoms with Crippen LogP contribution in [0.4, 0.5) is 0 Å². The van der Waals surface area contributed by atoms with Crippen molar-refractivity contribution in [1.29, 1.82) is 0 Å². The van der Waals surface area contributed by atoms with Gasteiger partial charge in [-0.05, 0) is 12.0 Å². The highest BCUT2D eigenvalue weighted by Crippen LogP contribution is 2.23. The van der Waals surface area contributed by atoms with Crippen LogP contribution in [0.2, 0.25) is 0 Å². The first-order valence-electron chi connectivity index (χ1n) is 6.15. The Hall–Kier alpha value is -1.39. The minimum atomic E-state index is 0.130. The second kappa shape index (κ2) is 6.52. The highest BCUT2D eigenvalue weighted by atomic mass is 16.6. The van der Waals surface area contributed by atoms with E-state index in [2.05, 4.69) is 18.3 Å². The molecule has 2 aliphatic heterocycles. The summed E-state index contributed by atoms with van der Waals surface area (Å²) < 4.78 is 11.3. The summed E-state index contributed by atoms with van der Waals surface area (Å²) >= 11 is 0. The Morgan fingerprint density at radius 2 is 2.39 bits per heavy atom. The molecule has 1 saturated heterocycles. The van der Waals surface area contributed by atoms with Gasteiger partial charge in [0.1, 0.15) is 6.61 Å². The molecule has 0 saturated carbocycles. The topological polar surface area (TPSA) is 40.0 Å². The van der Waals surface area contributed by atoms with Gasteiger partial charge in [0.05, 0.1) is 31.6 Å². The van der Waals surface area contributed by atoms with Gasteiger partial charge in [0.2, 0.25) is 0 Å². The number of oxime groups is 1. The molecule has 2 heterocycles. The fraction of sp³-hybridized carbons (Fsp3) is 0.500. The lowest BCUT2D eigenvalue weighted by Gasteiger charge is -2.26. The molecule has 0 bridgehead atoms. The molecule has 0 aromatic heterocycles. The van der Waals surface area contributed by atoms with E-state index in [1.54, 1.807) is 12.2 Å². The molecule has 1 fully saturated rings. The Labute approximate surface area is 108 Å². The molecule has 18 heavy (non-hydrogen) atoms. The summed E-state index contributed by atoms with van der Waals surface area (Å²) in [5.74, 6) is 0.412. The summed E-state index contributed by atoms with van der Waals surface area (Å²) in [5, 5.41) is 3.96. The Morgan fingerprint density at radius 1 is 1.50 bits per heavy atom. The number of fused-ring (bicyclic) bond motifs is 1. The van der Waals surface area contributed by atoms with E-state index in [4.69, 9.17) is 14.3 Å². The molecule has 2 atom stereocenters. The van der Waals surface area contributed by atoms with Crippen LogP contribution in [0.3, 0.4) is 0 Å². The molecular weight excluding hydrogens is 230 g/mol. The van der Waals surface area contributed by atoms with Crippen LogP contribution in [0.5, 0.6) is 0 Å². The van der Waals surface area contributed by atoms with Crippen LogP contribution in [0, 0.1) is 5.92 Å². The van der Waals surface area contributed by atoms with Gasteiger partial charge in [-0.25, -0.2) is 0 Å². The fourth-order valence-corrected chi connectivity index (χ4v) is 2.07. The van der Waals surface area contributed by atoms with E-state index in [1.807, 2.05) is 6.08 Å². The molecular formula is C14H19NO3. The van der Waals surface area contributed by atoms with Gasteiger partial charge in [-0.2, -0.15) is 0 Å². The predicted octanol–water partition coefficient (Wildman–Crippen LogP) is 2.09. The van der Waals surface area contributed by atoms with Crippen molar-refractivity contribution in [3.05, 3.63) is 37.0 Å². The zero-order chi connectivity index (χ0) is 12.8. The van der Waals surface area contributed by atoms with E-state index < -0.39 is 0 Å². The normalized spacial score (nSPS) is 27.1. The largest absolute Gasteiger partial charge is 0.395 e. The smallest absolute Gasteiger partial charge is 0.125 e. The van der Waals surface area contributed by atoms with Crippen molar-refractivity contribution in [2.45, 2.75) is 12.5 Å². The standard InChI is InChI=1S/C14H19NO3/c1-3-5-11(4-2)7-16-9-13-6-12-8-18-15-14(12)10-17-13/h3-5,12-13H,1-2,6-10H2/b11-5+/t12?,13-/m1/s1. The molecule has 0 N–H and O–H groups in total. The Balaban J connectivity index is 1.71. The van der Waals surface area contributed by atoms with E-state index in [0.717, 1.165) is 17.7 Å². The third kappa shape index (κ3) is 3.31. The summed E-state index contributed by atoms with van der Waals surface area (Å²) in [5.41, 5.74) is 2.05. The monoisotopic (exact) mass is 249 g/mol. The molecule has 0 aromatic carbocycles. The first-order valence-corrected chi connectivity index (χ1v) is 6.15. The maximum absolute atomic E-state index is 5.67. The van der Waals surface area contributed by atoms with Gasteiger partial charge >= 0.3 is 0 Å². The van der Waals surface area contributed by atoms with Crippen LogP contribution in [0.15, 0.2) is 42.1 Å². The van der Waals surface area contributed by atoms with Crippen LogP contribution < -0.4 is 0 Å². The van der Waals surface area contributed by atoms with E-state index in [0.29, 0.717) is 32.3 Å². The number of ether oxygens (including phenoxy) is 2. The zero-order valence-corrected chi connectivity index (χ0v) is 10.5. The van der Waals surface area contributed by atoms with E-state index in [-0.39, 0.29) is 6.10 Å². The molecule has 98 valence electrons. The second-order valence-corrected chi connectivity index (χ2v) is 4.44. The van der Waals surface area contributed by atoms with Crippen molar-refractivity contribution in [2.24, 2.45) is 11.1 Å².